The Balaban J connectivity index is 3.17. The van der Waals surface area contributed by atoms with E-state index in [1.165, 1.54) is 0 Å². The maximum Gasteiger partial charge on any atom is 0.152 e. The molecule has 10 heavy (non-hydrogen) atoms. The summed E-state index contributed by atoms with van der Waals surface area (Å²) in [4.78, 5) is 4.68. The summed E-state index contributed by atoms with van der Waals surface area (Å²) in [6.45, 7) is 3.93. The number of nitrogens with two attached hydrogens (primary N) is 1. The first-order valence-corrected chi connectivity index (χ1v) is 3.18. The third-order valence-electron chi connectivity index (χ3n) is 1.53. The first kappa shape index (κ1) is 7.09. The van der Waals surface area contributed by atoms with Crippen molar-refractivity contribution in [3.8, 4) is 5.75 Å². The first-order valence-electron chi connectivity index (χ1n) is 3.18. The summed E-state index contributed by atoms with van der Waals surface area (Å²) in [6, 6.07) is 5.91. The summed E-state index contributed by atoms with van der Waals surface area (Å²) in [6.07, 6.45) is 0. The largest absolute Gasteiger partial charge is 0.411 e. The average Bonchev–Trinajstić information content (AvgIpc) is 1.88. The second-order valence-electron chi connectivity index (χ2n) is 2.34. The van der Waals surface area contributed by atoms with Gasteiger partial charge in [0.1, 0.15) is 0 Å². The Labute approximate surface area is 60.6 Å². The van der Waals surface area contributed by atoms with Gasteiger partial charge in [-0.3, -0.25) is 0 Å². The lowest BCUT2D eigenvalue weighted by Crippen LogP contribution is -2.04. The van der Waals surface area contributed by atoms with Crippen molar-refractivity contribution in [2.75, 3.05) is 0 Å². The Hall–Kier alpha value is -1.02. The van der Waals surface area contributed by atoms with Crippen LogP contribution in [0.4, 0.5) is 0 Å². The Kier molecular flexibility index (Phi) is 1.92. The average molecular weight is 137 g/mol. The van der Waals surface area contributed by atoms with Gasteiger partial charge in [0.05, 0.1) is 0 Å². The van der Waals surface area contributed by atoms with Crippen LogP contribution in [0.15, 0.2) is 18.2 Å². The molecule has 0 fully saturated rings. The molecule has 2 nitrogen and oxygen atoms in total. The van der Waals surface area contributed by atoms with E-state index < -0.39 is 0 Å². The molecular formula is C8H11NO. The van der Waals surface area contributed by atoms with Crippen LogP contribution in [0, 0.1) is 13.8 Å². The number of para-hydroxylation sites is 1. The van der Waals surface area contributed by atoms with Crippen LogP contribution in [-0.2, 0) is 0 Å². The highest BCUT2D eigenvalue weighted by molar-refractivity contribution is 5.39. The van der Waals surface area contributed by atoms with Crippen molar-refractivity contribution in [3.63, 3.8) is 0 Å². The number of rotatable bonds is 1. The van der Waals surface area contributed by atoms with Crippen molar-refractivity contribution >= 4 is 0 Å². The van der Waals surface area contributed by atoms with Crippen LogP contribution in [0.25, 0.3) is 0 Å². The second kappa shape index (κ2) is 2.71. The summed E-state index contributed by atoms with van der Waals surface area (Å²) in [5.74, 6) is 5.83. The molecule has 0 heterocycles. The molecular weight excluding hydrogens is 126 g/mol. The number of hydrogen-bond acceptors (Lipinski definition) is 2. The van der Waals surface area contributed by atoms with Crippen LogP contribution in [0.3, 0.4) is 0 Å². The fourth-order valence-corrected chi connectivity index (χ4v) is 0.985. The number of hydrogen-bond donors (Lipinski definition) is 1. The highest BCUT2D eigenvalue weighted by atomic mass is 16.6. The Bertz CT molecular complexity index is 212. The van der Waals surface area contributed by atoms with E-state index in [2.05, 4.69) is 4.84 Å². The maximum atomic E-state index is 5.05. The summed E-state index contributed by atoms with van der Waals surface area (Å²) < 4.78 is 0. The minimum Gasteiger partial charge on any atom is -0.411 e. The molecule has 0 aliphatic carbocycles. The van der Waals surface area contributed by atoms with E-state index in [9.17, 15) is 0 Å². The van der Waals surface area contributed by atoms with Crippen LogP contribution in [0.5, 0.6) is 5.75 Å². The van der Waals surface area contributed by atoms with Gasteiger partial charge in [0.25, 0.3) is 0 Å². The van der Waals surface area contributed by atoms with Crippen LogP contribution in [0.1, 0.15) is 11.1 Å². The molecule has 1 rings (SSSR count). The van der Waals surface area contributed by atoms with Gasteiger partial charge in [0.2, 0.25) is 0 Å². The fraction of sp³-hybridized carbons (Fsp3) is 0.250. The van der Waals surface area contributed by atoms with Crippen LogP contribution in [-0.4, -0.2) is 0 Å². The van der Waals surface area contributed by atoms with E-state index in [4.69, 9.17) is 5.90 Å². The van der Waals surface area contributed by atoms with E-state index >= 15 is 0 Å². The zero-order valence-electron chi connectivity index (χ0n) is 6.22. The van der Waals surface area contributed by atoms with Gasteiger partial charge in [0, 0.05) is 0 Å². The van der Waals surface area contributed by atoms with Crippen molar-refractivity contribution in [1.82, 2.24) is 0 Å². The van der Waals surface area contributed by atoms with E-state index in [-0.39, 0.29) is 0 Å². The second-order valence-corrected chi connectivity index (χ2v) is 2.34. The molecule has 0 aromatic heterocycles. The van der Waals surface area contributed by atoms with Gasteiger partial charge < -0.3 is 4.84 Å². The lowest BCUT2D eigenvalue weighted by molar-refractivity contribution is 0.329. The molecule has 0 saturated carbocycles. The zero-order valence-corrected chi connectivity index (χ0v) is 6.22. The minimum absolute atomic E-state index is 0.780. The van der Waals surface area contributed by atoms with Gasteiger partial charge in [0.15, 0.2) is 5.75 Å². The van der Waals surface area contributed by atoms with E-state index in [1.807, 2.05) is 32.0 Å². The lowest BCUT2D eigenvalue weighted by atomic mass is 10.1. The Morgan fingerprint density at radius 2 is 1.70 bits per heavy atom. The molecule has 0 aliphatic heterocycles. The highest BCUT2D eigenvalue weighted by Crippen LogP contribution is 2.20. The van der Waals surface area contributed by atoms with Gasteiger partial charge in [-0.2, -0.15) is 5.90 Å². The van der Waals surface area contributed by atoms with Crippen molar-refractivity contribution in [2.45, 2.75) is 13.8 Å². The predicted octanol–water partition coefficient (Wildman–Crippen LogP) is 1.56. The molecule has 1 aromatic rings. The van der Waals surface area contributed by atoms with Gasteiger partial charge >= 0.3 is 0 Å². The Morgan fingerprint density at radius 3 is 2.00 bits per heavy atom. The number of benzene rings is 1. The molecule has 0 bridgehead atoms. The summed E-state index contributed by atoms with van der Waals surface area (Å²) in [7, 11) is 0. The minimum atomic E-state index is 0.780. The number of aryl methyl sites for hydroxylation is 2. The molecule has 0 unspecified atom stereocenters. The molecule has 0 saturated heterocycles. The van der Waals surface area contributed by atoms with Crippen molar-refractivity contribution < 1.29 is 4.84 Å². The Morgan fingerprint density at radius 1 is 1.20 bits per heavy atom. The molecule has 2 heteroatoms. The van der Waals surface area contributed by atoms with Gasteiger partial charge in [-0.05, 0) is 25.0 Å². The van der Waals surface area contributed by atoms with Gasteiger partial charge in [-0.15, -0.1) is 0 Å². The van der Waals surface area contributed by atoms with Crippen molar-refractivity contribution in [1.29, 1.82) is 0 Å². The normalized spacial score (nSPS) is 9.50. The first-order chi connectivity index (χ1) is 4.75. The fourth-order valence-electron chi connectivity index (χ4n) is 0.985. The lowest BCUT2D eigenvalue weighted by Gasteiger charge is -2.04. The molecule has 54 valence electrons. The standard InChI is InChI=1S/C8H11NO/c1-6-4-3-5-7(2)8(6)10-9/h3-5H,9H2,1-2H3. The molecule has 1 aromatic carbocycles. The van der Waals surface area contributed by atoms with Crippen LogP contribution in [0.2, 0.25) is 0 Å². The predicted molar refractivity (Wildman–Crippen MR) is 40.7 cm³/mol. The molecule has 0 atom stereocenters. The molecule has 0 radical (unpaired) electrons. The molecule has 0 aliphatic rings. The molecule has 0 spiro atoms. The third kappa shape index (κ3) is 1.11. The van der Waals surface area contributed by atoms with Crippen LogP contribution >= 0.6 is 0 Å². The van der Waals surface area contributed by atoms with Crippen molar-refractivity contribution in [3.05, 3.63) is 29.3 Å². The molecule has 2 N–H and O–H groups in total. The van der Waals surface area contributed by atoms with E-state index in [1.54, 1.807) is 0 Å². The summed E-state index contributed by atoms with van der Waals surface area (Å²) in [5.41, 5.74) is 2.14. The summed E-state index contributed by atoms with van der Waals surface area (Å²) in [5, 5.41) is 0. The SMILES string of the molecule is Cc1cccc(C)c1ON. The highest BCUT2D eigenvalue weighted by Gasteiger charge is 1.99. The van der Waals surface area contributed by atoms with E-state index in [0.29, 0.717) is 0 Å². The summed E-state index contributed by atoms with van der Waals surface area (Å²) >= 11 is 0. The van der Waals surface area contributed by atoms with Gasteiger partial charge in [-0.1, -0.05) is 18.2 Å². The quantitative estimate of drug-likeness (QED) is 0.596. The monoisotopic (exact) mass is 137 g/mol. The van der Waals surface area contributed by atoms with Gasteiger partial charge in [-0.25, -0.2) is 0 Å². The zero-order chi connectivity index (χ0) is 7.56. The van der Waals surface area contributed by atoms with E-state index in [0.717, 1.165) is 16.9 Å². The van der Waals surface area contributed by atoms with Crippen LogP contribution < -0.4 is 10.7 Å². The maximum absolute atomic E-state index is 5.05. The topological polar surface area (TPSA) is 35.2 Å². The third-order valence-corrected chi connectivity index (χ3v) is 1.53. The van der Waals surface area contributed by atoms with Crippen molar-refractivity contribution in [2.24, 2.45) is 5.90 Å². The smallest absolute Gasteiger partial charge is 0.152 e. The molecule has 0 amide bonds.